The van der Waals surface area contributed by atoms with Crippen molar-refractivity contribution in [1.29, 1.82) is 0 Å². The van der Waals surface area contributed by atoms with E-state index in [4.69, 9.17) is 5.11 Å². The molecule has 0 unspecified atom stereocenters. The van der Waals surface area contributed by atoms with Gasteiger partial charge in [-0.05, 0) is 18.6 Å². The first kappa shape index (κ1) is 11.6. The second-order valence-corrected chi connectivity index (χ2v) is 3.88. The van der Waals surface area contributed by atoms with Crippen LogP contribution in [0.3, 0.4) is 0 Å². The number of hydrogen-bond donors (Lipinski definition) is 1. The lowest BCUT2D eigenvalue weighted by Gasteiger charge is -2.04. The summed E-state index contributed by atoms with van der Waals surface area (Å²) in [6, 6.07) is 10.1. The Kier molecular flexibility index (Phi) is 3.73. The van der Waals surface area contributed by atoms with E-state index in [9.17, 15) is 0 Å². The number of hydrogen-bond acceptors (Lipinski definition) is 2. The van der Waals surface area contributed by atoms with Crippen LogP contribution < -0.4 is 0 Å². The van der Waals surface area contributed by atoms with E-state index in [-0.39, 0.29) is 6.61 Å². The molecule has 0 fully saturated rings. The van der Waals surface area contributed by atoms with Crippen LogP contribution >= 0.6 is 0 Å². The van der Waals surface area contributed by atoms with Gasteiger partial charge in [-0.25, -0.2) is 4.98 Å². The van der Waals surface area contributed by atoms with Crippen molar-refractivity contribution < 1.29 is 5.11 Å². The molecule has 0 aliphatic carbocycles. The van der Waals surface area contributed by atoms with Crippen molar-refractivity contribution in [3.05, 3.63) is 53.6 Å². The summed E-state index contributed by atoms with van der Waals surface area (Å²) in [5.41, 5.74) is 2.20. The Morgan fingerprint density at radius 2 is 2.00 bits per heavy atom. The van der Waals surface area contributed by atoms with Crippen LogP contribution in [0.15, 0.2) is 36.5 Å². The lowest BCUT2D eigenvalue weighted by Crippen LogP contribution is -2.05. The molecular formula is C14H16N2O. The van der Waals surface area contributed by atoms with Crippen LogP contribution in [0, 0.1) is 6.92 Å². The number of aromatic nitrogens is 2. The first-order chi connectivity index (χ1) is 8.31. The summed E-state index contributed by atoms with van der Waals surface area (Å²) in [6.45, 7) is 2.70. The van der Waals surface area contributed by atoms with Crippen molar-refractivity contribution in [3.63, 3.8) is 0 Å². The molecule has 2 aromatic rings. The summed E-state index contributed by atoms with van der Waals surface area (Å²) in [6.07, 6.45) is 5.81. The van der Waals surface area contributed by atoms with E-state index < -0.39 is 0 Å². The Balaban J connectivity index is 2.21. The van der Waals surface area contributed by atoms with Gasteiger partial charge in [0.1, 0.15) is 5.82 Å². The summed E-state index contributed by atoms with van der Waals surface area (Å²) in [7, 11) is 0. The molecule has 0 atom stereocenters. The number of nitrogens with zero attached hydrogens (tertiary/aromatic N) is 2. The van der Waals surface area contributed by atoms with Gasteiger partial charge in [-0.3, -0.25) is 0 Å². The third kappa shape index (κ3) is 2.82. The Morgan fingerprint density at radius 3 is 2.71 bits per heavy atom. The smallest absolute Gasteiger partial charge is 0.132 e. The maximum absolute atomic E-state index is 9.00. The lowest BCUT2D eigenvalue weighted by atomic mass is 10.2. The van der Waals surface area contributed by atoms with Gasteiger partial charge in [0.25, 0.3) is 0 Å². The molecule has 2 rings (SSSR count). The standard InChI is InChI=1S/C14H16N2O/c1-12-11-15-14(16(12)9-10-17)8-7-13-5-3-2-4-6-13/h2-8,11,17H,9-10H2,1H3/b8-7+. The predicted octanol–water partition coefficient (Wildman–Crippen LogP) is 2.35. The van der Waals surface area contributed by atoms with Gasteiger partial charge in [0.2, 0.25) is 0 Å². The van der Waals surface area contributed by atoms with Gasteiger partial charge in [0, 0.05) is 18.4 Å². The highest BCUT2D eigenvalue weighted by Crippen LogP contribution is 2.09. The minimum atomic E-state index is 0.128. The highest BCUT2D eigenvalue weighted by Gasteiger charge is 2.02. The van der Waals surface area contributed by atoms with E-state index in [1.807, 2.05) is 60.2 Å². The fraction of sp³-hybridized carbons (Fsp3) is 0.214. The molecule has 17 heavy (non-hydrogen) atoms. The van der Waals surface area contributed by atoms with Crippen LogP contribution in [0.25, 0.3) is 12.2 Å². The van der Waals surface area contributed by atoms with Gasteiger partial charge in [-0.2, -0.15) is 0 Å². The molecule has 3 nitrogen and oxygen atoms in total. The molecule has 0 aliphatic heterocycles. The zero-order chi connectivity index (χ0) is 12.1. The SMILES string of the molecule is Cc1cnc(/C=C/c2ccccc2)n1CCO. The Morgan fingerprint density at radius 1 is 1.24 bits per heavy atom. The molecule has 0 amide bonds. The number of rotatable bonds is 4. The summed E-state index contributed by atoms with van der Waals surface area (Å²) in [5.74, 6) is 0.875. The van der Waals surface area contributed by atoms with E-state index >= 15 is 0 Å². The summed E-state index contributed by atoms with van der Waals surface area (Å²) in [5, 5.41) is 9.00. The van der Waals surface area contributed by atoms with E-state index in [1.54, 1.807) is 0 Å². The first-order valence-electron chi connectivity index (χ1n) is 5.67. The van der Waals surface area contributed by atoms with Crippen LogP contribution in [0.4, 0.5) is 0 Å². The third-order valence-electron chi connectivity index (χ3n) is 2.63. The second-order valence-electron chi connectivity index (χ2n) is 3.88. The topological polar surface area (TPSA) is 38.0 Å². The largest absolute Gasteiger partial charge is 0.395 e. The van der Waals surface area contributed by atoms with Crippen LogP contribution in [0.5, 0.6) is 0 Å². The Bertz CT molecular complexity index is 500. The molecule has 3 heteroatoms. The minimum Gasteiger partial charge on any atom is -0.395 e. The molecule has 1 aromatic carbocycles. The number of benzene rings is 1. The van der Waals surface area contributed by atoms with Crippen molar-refractivity contribution in [1.82, 2.24) is 9.55 Å². The predicted molar refractivity (Wildman–Crippen MR) is 69.4 cm³/mol. The molecule has 88 valence electrons. The first-order valence-corrected chi connectivity index (χ1v) is 5.67. The molecular weight excluding hydrogens is 212 g/mol. The Hall–Kier alpha value is -1.87. The second kappa shape index (κ2) is 5.46. The molecule has 0 spiro atoms. The third-order valence-corrected chi connectivity index (χ3v) is 2.63. The van der Waals surface area contributed by atoms with E-state index in [0.29, 0.717) is 6.54 Å². The maximum Gasteiger partial charge on any atom is 0.132 e. The molecule has 0 radical (unpaired) electrons. The fourth-order valence-electron chi connectivity index (χ4n) is 1.74. The highest BCUT2D eigenvalue weighted by molar-refractivity contribution is 5.66. The van der Waals surface area contributed by atoms with E-state index in [2.05, 4.69) is 4.98 Å². The van der Waals surface area contributed by atoms with Gasteiger partial charge in [0.05, 0.1) is 6.61 Å². The molecule has 0 bridgehead atoms. The zero-order valence-electron chi connectivity index (χ0n) is 9.87. The Labute approximate surface area is 101 Å². The maximum atomic E-state index is 9.00. The van der Waals surface area contributed by atoms with Crippen molar-refractivity contribution >= 4 is 12.2 Å². The van der Waals surface area contributed by atoms with Crippen LogP contribution in [0.2, 0.25) is 0 Å². The average molecular weight is 228 g/mol. The molecule has 0 saturated carbocycles. The van der Waals surface area contributed by atoms with Crippen molar-refractivity contribution in [2.45, 2.75) is 13.5 Å². The highest BCUT2D eigenvalue weighted by atomic mass is 16.3. The summed E-state index contributed by atoms with van der Waals surface area (Å²) in [4.78, 5) is 4.31. The van der Waals surface area contributed by atoms with Gasteiger partial charge >= 0.3 is 0 Å². The van der Waals surface area contributed by atoms with Crippen LogP contribution in [0.1, 0.15) is 17.1 Å². The average Bonchev–Trinajstić information content (AvgIpc) is 2.70. The van der Waals surface area contributed by atoms with Crippen LogP contribution in [-0.4, -0.2) is 21.3 Å². The van der Waals surface area contributed by atoms with E-state index in [0.717, 1.165) is 17.1 Å². The molecule has 1 heterocycles. The van der Waals surface area contributed by atoms with E-state index in [1.165, 1.54) is 0 Å². The molecule has 0 saturated heterocycles. The number of aryl methyl sites for hydroxylation is 1. The minimum absolute atomic E-state index is 0.128. The lowest BCUT2D eigenvalue weighted by molar-refractivity contribution is 0.274. The molecule has 1 aromatic heterocycles. The van der Waals surface area contributed by atoms with Crippen molar-refractivity contribution in [2.75, 3.05) is 6.61 Å². The van der Waals surface area contributed by atoms with Gasteiger partial charge in [0.15, 0.2) is 0 Å². The fourth-order valence-corrected chi connectivity index (χ4v) is 1.74. The van der Waals surface area contributed by atoms with Crippen molar-refractivity contribution in [3.8, 4) is 0 Å². The normalized spacial score (nSPS) is 11.2. The molecule has 0 aliphatic rings. The van der Waals surface area contributed by atoms with Crippen molar-refractivity contribution in [2.24, 2.45) is 0 Å². The summed E-state index contributed by atoms with van der Waals surface area (Å²) < 4.78 is 2.00. The van der Waals surface area contributed by atoms with Gasteiger partial charge in [-0.15, -0.1) is 0 Å². The number of aliphatic hydroxyl groups excluding tert-OH is 1. The quantitative estimate of drug-likeness (QED) is 0.872. The number of aliphatic hydroxyl groups is 1. The zero-order valence-corrected chi connectivity index (χ0v) is 9.87. The molecule has 1 N–H and O–H groups in total. The monoisotopic (exact) mass is 228 g/mol. The number of imidazole rings is 1. The van der Waals surface area contributed by atoms with Gasteiger partial charge in [-0.1, -0.05) is 36.4 Å². The van der Waals surface area contributed by atoms with Crippen LogP contribution in [-0.2, 0) is 6.54 Å². The summed E-state index contributed by atoms with van der Waals surface area (Å²) >= 11 is 0. The van der Waals surface area contributed by atoms with Gasteiger partial charge < -0.3 is 9.67 Å².